The topological polar surface area (TPSA) is 34.1 Å². The smallest absolute Gasteiger partial charge is 0.213 e. The average Bonchev–Trinajstić information content (AvgIpc) is 2.30. The highest BCUT2D eigenvalue weighted by molar-refractivity contribution is 7.98. The van der Waals surface area contributed by atoms with Crippen LogP contribution in [0.4, 0.5) is 5.69 Å². The number of hydrogen-bond acceptors (Lipinski definition) is 4. The fourth-order valence-corrected chi connectivity index (χ4v) is 1.70. The first-order chi connectivity index (χ1) is 7.36. The number of nitrogens with zero attached hydrogens (tertiary/aromatic N) is 1. The number of nitrogens with one attached hydrogen (secondary N) is 1. The number of pyridine rings is 1. The molecule has 0 saturated carbocycles. The molecule has 0 aliphatic rings. The van der Waals surface area contributed by atoms with E-state index < -0.39 is 0 Å². The first kappa shape index (κ1) is 12.2. The molecular formula is C11H18N2OS. The van der Waals surface area contributed by atoms with E-state index in [2.05, 4.69) is 16.6 Å². The second-order valence-corrected chi connectivity index (χ2v) is 4.20. The quantitative estimate of drug-likeness (QED) is 0.725. The number of anilines is 1. The highest BCUT2D eigenvalue weighted by Gasteiger charge is 1.94. The molecule has 3 nitrogen and oxygen atoms in total. The van der Waals surface area contributed by atoms with Gasteiger partial charge in [0.05, 0.1) is 19.0 Å². The van der Waals surface area contributed by atoms with Crippen molar-refractivity contribution in [3.63, 3.8) is 0 Å². The van der Waals surface area contributed by atoms with Crippen LogP contribution in [0, 0.1) is 0 Å². The fraction of sp³-hybridized carbons (Fsp3) is 0.545. The molecule has 1 aromatic rings. The summed E-state index contributed by atoms with van der Waals surface area (Å²) in [5.74, 6) is 1.89. The van der Waals surface area contributed by atoms with Gasteiger partial charge in [-0.2, -0.15) is 11.8 Å². The Morgan fingerprint density at radius 1 is 1.40 bits per heavy atom. The lowest BCUT2D eigenvalue weighted by atomic mass is 10.3. The van der Waals surface area contributed by atoms with Crippen molar-refractivity contribution in [1.29, 1.82) is 0 Å². The van der Waals surface area contributed by atoms with E-state index in [1.54, 1.807) is 13.3 Å². The molecule has 0 saturated heterocycles. The molecule has 0 amide bonds. The van der Waals surface area contributed by atoms with Gasteiger partial charge in [0.25, 0.3) is 0 Å². The summed E-state index contributed by atoms with van der Waals surface area (Å²) in [7, 11) is 1.62. The molecular weight excluding hydrogens is 208 g/mol. The number of hydrogen-bond donors (Lipinski definition) is 1. The average molecular weight is 226 g/mol. The number of rotatable bonds is 7. The Hall–Kier alpha value is -0.900. The molecule has 0 bridgehead atoms. The van der Waals surface area contributed by atoms with E-state index >= 15 is 0 Å². The van der Waals surface area contributed by atoms with Crippen LogP contribution >= 0.6 is 11.8 Å². The number of methoxy groups -OCH3 is 1. The zero-order valence-corrected chi connectivity index (χ0v) is 10.1. The van der Waals surface area contributed by atoms with Crippen LogP contribution in [-0.2, 0) is 0 Å². The standard InChI is InChI=1S/C11H18N2OS/c1-14-11-6-5-10(9-13-11)12-7-3-4-8-15-2/h5-6,9,12H,3-4,7-8H2,1-2H3. The molecule has 1 rings (SSSR count). The molecule has 1 heterocycles. The van der Waals surface area contributed by atoms with E-state index in [1.807, 2.05) is 23.9 Å². The van der Waals surface area contributed by atoms with E-state index in [4.69, 9.17) is 4.74 Å². The Morgan fingerprint density at radius 2 is 2.27 bits per heavy atom. The maximum absolute atomic E-state index is 4.99. The maximum atomic E-state index is 4.99. The number of aromatic nitrogens is 1. The summed E-state index contributed by atoms with van der Waals surface area (Å²) in [6.45, 7) is 1.01. The summed E-state index contributed by atoms with van der Waals surface area (Å²) in [6, 6.07) is 3.85. The monoisotopic (exact) mass is 226 g/mol. The van der Waals surface area contributed by atoms with E-state index in [9.17, 15) is 0 Å². The second-order valence-electron chi connectivity index (χ2n) is 3.22. The highest BCUT2D eigenvalue weighted by Crippen LogP contribution is 2.11. The van der Waals surface area contributed by atoms with Gasteiger partial charge in [0, 0.05) is 12.6 Å². The Morgan fingerprint density at radius 3 is 2.87 bits per heavy atom. The van der Waals surface area contributed by atoms with Gasteiger partial charge in [0.1, 0.15) is 0 Å². The van der Waals surface area contributed by atoms with Crippen molar-refractivity contribution >= 4 is 17.4 Å². The number of thioether (sulfide) groups is 1. The Bertz CT molecular complexity index is 264. The highest BCUT2D eigenvalue weighted by atomic mass is 32.2. The van der Waals surface area contributed by atoms with Crippen LogP contribution in [0.2, 0.25) is 0 Å². The summed E-state index contributed by atoms with van der Waals surface area (Å²) >= 11 is 1.90. The molecule has 1 aromatic heterocycles. The first-order valence-corrected chi connectivity index (χ1v) is 6.49. The fourth-order valence-electron chi connectivity index (χ4n) is 1.21. The van der Waals surface area contributed by atoms with Gasteiger partial charge >= 0.3 is 0 Å². The van der Waals surface area contributed by atoms with E-state index in [0.29, 0.717) is 5.88 Å². The molecule has 0 aromatic carbocycles. The van der Waals surface area contributed by atoms with Crippen molar-refractivity contribution < 1.29 is 4.74 Å². The number of unbranched alkanes of at least 4 members (excludes halogenated alkanes) is 1. The van der Waals surface area contributed by atoms with Crippen LogP contribution in [0.3, 0.4) is 0 Å². The lowest BCUT2D eigenvalue weighted by Crippen LogP contribution is -2.02. The molecule has 0 fully saturated rings. The van der Waals surface area contributed by atoms with Crippen LogP contribution < -0.4 is 10.1 Å². The molecule has 15 heavy (non-hydrogen) atoms. The van der Waals surface area contributed by atoms with Crippen molar-refractivity contribution in [3.05, 3.63) is 18.3 Å². The van der Waals surface area contributed by atoms with Gasteiger partial charge in [-0.1, -0.05) is 0 Å². The summed E-state index contributed by atoms with van der Waals surface area (Å²) in [5, 5.41) is 3.33. The SMILES string of the molecule is COc1ccc(NCCCCSC)cn1. The zero-order chi connectivity index (χ0) is 10.9. The van der Waals surface area contributed by atoms with E-state index in [-0.39, 0.29) is 0 Å². The maximum Gasteiger partial charge on any atom is 0.213 e. The third-order valence-electron chi connectivity index (χ3n) is 2.05. The Kier molecular flexibility index (Phi) is 6.00. The Balaban J connectivity index is 2.20. The summed E-state index contributed by atoms with van der Waals surface area (Å²) in [5.41, 5.74) is 1.06. The molecule has 0 aliphatic carbocycles. The molecule has 4 heteroatoms. The van der Waals surface area contributed by atoms with Gasteiger partial charge in [-0.15, -0.1) is 0 Å². The second kappa shape index (κ2) is 7.40. The Labute approximate surface area is 95.6 Å². The first-order valence-electron chi connectivity index (χ1n) is 5.09. The molecule has 0 aliphatic heterocycles. The zero-order valence-electron chi connectivity index (χ0n) is 9.32. The van der Waals surface area contributed by atoms with E-state index in [1.165, 1.54) is 18.6 Å². The van der Waals surface area contributed by atoms with Crippen molar-refractivity contribution in [3.8, 4) is 5.88 Å². The van der Waals surface area contributed by atoms with Crippen LogP contribution in [-0.4, -0.2) is 30.6 Å². The third kappa shape index (κ3) is 4.93. The van der Waals surface area contributed by atoms with Crippen LogP contribution in [0.5, 0.6) is 5.88 Å². The van der Waals surface area contributed by atoms with E-state index in [0.717, 1.165) is 12.2 Å². The molecule has 1 N–H and O–H groups in total. The van der Waals surface area contributed by atoms with Gasteiger partial charge in [-0.25, -0.2) is 4.98 Å². The molecule has 0 radical (unpaired) electrons. The van der Waals surface area contributed by atoms with Crippen molar-refractivity contribution in [2.24, 2.45) is 0 Å². The lowest BCUT2D eigenvalue weighted by molar-refractivity contribution is 0.398. The minimum absolute atomic E-state index is 0.655. The van der Waals surface area contributed by atoms with Gasteiger partial charge in [-0.3, -0.25) is 0 Å². The molecule has 84 valence electrons. The third-order valence-corrected chi connectivity index (χ3v) is 2.75. The van der Waals surface area contributed by atoms with Crippen molar-refractivity contribution in [1.82, 2.24) is 4.98 Å². The van der Waals surface area contributed by atoms with Crippen LogP contribution in [0.1, 0.15) is 12.8 Å². The minimum atomic E-state index is 0.655. The normalized spacial score (nSPS) is 10.0. The molecule has 0 unspecified atom stereocenters. The largest absolute Gasteiger partial charge is 0.481 e. The van der Waals surface area contributed by atoms with Gasteiger partial charge in [-0.05, 0) is 30.9 Å². The predicted molar refractivity (Wildman–Crippen MR) is 66.9 cm³/mol. The summed E-state index contributed by atoms with van der Waals surface area (Å²) in [6.07, 6.45) is 6.40. The molecule has 0 atom stereocenters. The predicted octanol–water partition coefficient (Wildman–Crippen LogP) is 2.65. The van der Waals surface area contributed by atoms with Gasteiger partial charge < -0.3 is 10.1 Å². The number of ether oxygens (including phenoxy) is 1. The van der Waals surface area contributed by atoms with Crippen LogP contribution in [0.15, 0.2) is 18.3 Å². The summed E-state index contributed by atoms with van der Waals surface area (Å²) in [4.78, 5) is 4.12. The molecule has 0 spiro atoms. The van der Waals surface area contributed by atoms with Gasteiger partial charge in [0.15, 0.2) is 0 Å². The minimum Gasteiger partial charge on any atom is -0.481 e. The van der Waals surface area contributed by atoms with Crippen LogP contribution in [0.25, 0.3) is 0 Å². The van der Waals surface area contributed by atoms with Crippen molar-refractivity contribution in [2.75, 3.05) is 31.0 Å². The van der Waals surface area contributed by atoms with Crippen molar-refractivity contribution in [2.45, 2.75) is 12.8 Å². The lowest BCUT2D eigenvalue weighted by Gasteiger charge is -2.05. The summed E-state index contributed by atoms with van der Waals surface area (Å²) < 4.78 is 4.99. The van der Waals surface area contributed by atoms with Gasteiger partial charge in [0.2, 0.25) is 5.88 Å².